The van der Waals surface area contributed by atoms with Gasteiger partial charge in [0.25, 0.3) is 11.6 Å². The van der Waals surface area contributed by atoms with Crippen molar-refractivity contribution < 1.29 is 14.5 Å². The van der Waals surface area contributed by atoms with Crippen LogP contribution in [0, 0.1) is 28.4 Å². The van der Waals surface area contributed by atoms with Crippen molar-refractivity contribution in [3.63, 3.8) is 0 Å². The summed E-state index contributed by atoms with van der Waals surface area (Å²) < 4.78 is 5.66. The SMILES string of the molecule is Cc1ccc(Cl)cc1NC(=O)/C(C#N)=C/c1ccc(OCc2cccc([N+](=O)[O-])c2)c(Cl)c1. The van der Waals surface area contributed by atoms with Gasteiger partial charge in [0, 0.05) is 22.8 Å². The summed E-state index contributed by atoms with van der Waals surface area (Å²) in [6.45, 7) is 1.90. The predicted molar refractivity (Wildman–Crippen MR) is 127 cm³/mol. The van der Waals surface area contributed by atoms with Crippen LogP contribution in [0.2, 0.25) is 10.0 Å². The highest BCUT2D eigenvalue weighted by Gasteiger charge is 2.12. The lowest BCUT2D eigenvalue weighted by Crippen LogP contribution is -2.14. The maximum Gasteiger partial charge on any atom is 0.269 e. The Morgan fingerprint density at radius 1 is 1.18 bits per heavy atom. The molecule has 33 heavy (non-hydrogen) atoms. The Hall–Kier alpha value is -3.86. The number of halogens is 2. The number of benzene rings is 3. The number of hydrogen-bond donors (Lipinski definition) is 1. The Balaban J connectivity index is 1.73. The van der Waals surface area contributed by atoms with Crippen molar-refractivity contribution in [1.29, 1.82) is 5.26 Å². The first-order valence-electron chi connectivity index (χ1n) is 9.62. The van der Waals surface area contributed by atoms with E-state index in [9.17, 15) is 20.2 Å². The van der Waals surface area contributed by atoms with E-state index in [1.165, 1.54) is 18.2 Å². The van der Waals surface area contributed by atoms with Crippen LogP contribution in [0.4, 0.5) is 11.4 Å². The van der Waals surface area contributed by atoms with Crippen LogP contribution in [-0.2, 0) is 11.4 Å². The molecule has 166 valence electrons. The number of ether oxygens (including phenoxy) is 1. The van der Waals surface area contributed by atoms with Gasteiger partial charge in [0.2, 0.25) is 0 Å². The van der Waals surface area contributed by atoms with Crippen molar-refractivity contribution >= 4 is 46.6 Å². The Labute approximate surface area is 200 Å². The van der Waals surface area contributed by atoms with Gasteiger partial charge in [-0.15, -0.1) is 0 Å². The Morgan fingerprint density at radius 3 is 2.67 bits per heavy atom. The summed E-state index contributed by atoms with van der Waals surface area (Å²) in [7, 11) is 0. The van der Waals surface area contributed by atoms with Gasteiger partial charge < -0.3 is 10.1 Å². The summed E-state index contributed by atoms with van der Waals surface area (Å²) in [6.07, 6.45) is 1.41. The molecule has 3 aromatic rings. The molecule has 0 fully saturated rings. The minimum Gasteiger partial charge on any atom is -0.487 e. The monoisotopic (exact) mass is 481 g/mol. The second-order valence-electron chi connectivity index (χ2n) is 6.99. The van der Waals surface area contributed by atoms with Crippen molar-refractivity contribution in [2.24, 2.45) is 0 Å². The van der Waals surface area contributed by atoms with E-state index >= 15 is 0 Å². The molecule has 0 aliphatic rings. The van der Waals surface area contributed by atoms with Crippen LogP contribution in [0.3, 0.4) is 0 Å². The highest BCUT2D eigenvalue weighted by molar-refractivity contribution is 6.32. The molecule has 0 aliphatic heterocycles. The number of rotatable bonds is 7. The number of nitrogens with one attached hydrogen (secondary N) is 1. The minimum absolute atomic E-state index is 0.0297. The van der Waals surface area contributed by atoms with Crippen LogP contribution in [0.15, 0.2) is 66.2 Å². The zero-order valence-electron chi connectivity index (χ0n) is 17.3. The van der Waals surface area contributed by atoms with Crippen molar-refractivity contribution in [1.82, 2.24) is 0 Å². The molecule has 3 rings (SSSR count). The number of nitrogens with zero attached hydrogens (tertiary/aromatic N) is 2. The van der Waals surface area contributed by atoms with Crippen LogP contribution in [0.5, 0.6) is 5.75 Å². The van der Waals surface area contributed by atoms with Crippen molar-refractivity contribution in [3.05, 3.63) is 103 Å². The largest absolute Gasteiger partial charge is 0.487 e. The van der Waals surface area contributed by atoms with Gasteiger partial charge in [-0.25, -0.2) is 0 Å². The number of aryl methyl sites for hydroxylation is 1. The predicted octanol–water partition coefficient (Wildman–Crippen LogP) is 6.33. The van der Waals surface area contributed by atoms with Gasteiger partial charge in [-0.3, -0.25) is 14.9 Å². The molecule has 0 unspecified atom stereocenters. The average molecular weight is 482 g/mol. The first kappa shape index (κ1) is 23.8. The van der Waals surface area contributed by atoms with Gasteiger partial charge >= 0.3 is 0 Å². The Kier molecular flexibility index (Phi) is 7.67. The third-order valence-electron chi connectivity index (χ3n) is 4.60. The van der Waals surface area contributed by atoms with E-state index in [2.05, 4.69) is 5.32 Å². The molecule has 9 heteroatoms. The van der Waals surface area contributed by atoms with Crippen molar-refractivity contribution in [2.75, 3.05) is 5.32 Å². The molecule has 0 aliphatic carbocycles. The number of anilines is 1. The Bertz CT molecular complexity index is 1300. The normalized spacial score (nSPS) is 10.9. The number of nitriles is 1. The van der Waals surface area contributed by atoms with Gasteiger partial charge in [-0.2, -0.15) is 5.26 Å². The molecular weight excluding hydrogens is 465 g/mol. The van der Waals surface area contributed by atoms with Gasteiger partial charge in [0.05, 0.1) is 9.95 Å². The van der Waals surface area contributed by atoms with Crippen LogP contribution in [0.25, 0.3) is 6.08 Å². The standard InChI is InChI=1S/C24H17Cl2N3O4/c1-15-5-7-19(25)12-22(15)28-24(30)18(13-27)9-16-6-8-23(21(26)11-16)33-14-17-3-2-4-20(10-17)29(31)32/h2-12H,14H2,1H3,(H,28,30)/b18-9+. The first-order valence-corrected chi connectivity index (χ1v) is 10.4. The second-order valence-corrected chi connectivity index (χ2v) is 7.83. The molecule has 7 nitrogen and oxygen atoms in total. The van der Waals surface area contributed by atoms with E-state index in [0.717, 1.165) is 5.56 Å². The topological polar surface area (TPSA) is 105 Å². The molecular formula is C24H17Cl2N3O4. The summed E-state index contributed by atoms with van der Waals surface area (Å²) >= 11 is 12.3. The van der Waals surface area contributed by atoms with Crippen molar-refractivity contribution in [2.45, 2.75) is 13.5 Å². The molecule has 0 heterocycles. The zero-order valence-corrected chi connectivity index (χ0v) is 18.9. The van der Waals surface area contributed by atoms with Crippen LogP contribution < -0.4 is 10.1 Å². The third kappa shape index (κ3) is 6.32. The number of carbonyl (C=O) groups is 1. The lowest BCUT2D eigenvalue weighted by molar-refractivity contribution is -0.384. The third-order valence-corrected chi connectivity index (χ3v) is 5.13. The van der Waals surface area contributed by atoms with E-state index < -0.39 is 10.8 Å². The minimum atomic E-state index is -0.579. The highest BCUT2D eigenvalue weighted by Crippen LogP contribution is 2.28. The molecule has 0 spiro atoms. The van der Waals surface area contributed by atoms with Gasteiger partial charge in [0.1, 0.15) is 24.0 Å². The quantitative estimate of drug-likeness (QED) is 0.183. The summed E-state index contributed by atoms with van der Waals surface area (Å²) in [6, 6.07) is 17.9. The lowest BCUT2D eigenvalue weighted by atomic mass is 10.1. The van der Waals surface area contributed by atoms with E-state index in [0.29, 0.717) is 27.6 Å². The molecule has 0 radical (unpaired) electrons. The van der Waals surface area contributed by atoms with Crippen LogP contribution in [0.1, 0.15) is 16.7 Å². The fraction of sp³-hybridized carbons (Fsp3) is 0.0833. The Morgan fingerprint density at radius 2 is 1.97 bits per heavy atom. The van der Waals surface area contributed by atoms with Crippen LogP contribution in [-0.4, -0.2) is 10.8 Å². The molecule has 0 saturated carbocycles. The van der Waals surface area contributed by atoms with E-state index in [1.807, 2.05) is 13.0 Å². The number of carbonyl (C=O) groups excluding carboxylic acids is 1. The summed E-state index contributed by atoms with van der Waals surface area (Å²) in [5, 5.41) is 23.7. The number of non-ortho nitro benzene ring substituents is 1. The van der Waals surface area contributed by atoms with E-state index in [-0.39, 0.29) is 22.9 Å². The second kappa shape index (κ2) is 10.6. The summed E-state index contributed by atoms with van der Waals surface area (Å²) in [5.74, 6) is -0.220. The van der Waals surface area contributed by atoms with E-state index in [1.54, 1.807) is 48.5 Å². The number of nitro groups is 1. The smallest absolute Gasteiger partial charge is 0.269 e. The van der Waals surface area contributed by atoms with Crippen molar-refractivity contribution in [3.8, 4) is 11.8 Å². The first-order chi connectivity index (χ1) is 15.8. The molecule has 1 amide bonds. The fourth-order valence-electron chi connectivity index (χ4n) is 2.88. The highest BCUT2D eigenvalue weighted by atomic mass is 35.5. The molecule has 0 bridgehead atoms. The number of hydrogen-bond acceptors (Lipinski definition) is 5. The van der Waals surface area contributed by atoms with Crippen LogP contribution >= 0.6 is 23.2 Å². The zero-order chi connectivity index (χ0) is 24.0. The number of amides is 1. The van der Waals surface area contributed by atoms with Gasteiger partial charge in [-0.05, 0) is 54.0 Å². The van der Waals surface area contributed by atoms with Gasteiger partial charge in [-0.1, -0.05) is 47.5 Å². The molecule has 1 N–H and O–H groups in total. The van der Waals surface area contributed by atoms with Gasteiger partial charge in [0.15, 0.2) is 0 Å². The molecule has 3 aromatic carbocycles. The summed E-state index contributed by atoms with van der Waals surface area (Å²) in [4.78, 5) is 23.0. The maximum absolute atomic E-state index is 12.5. The average Bonchev–Trinajstić information content (AvgIpc) is 2.79. The maximum atomic E-state index is 12.5. The fourth-order valence-corrected chi connectivity index (χ4v) is 3.29. The molecule has 0 atom stereocenters. The lowest BCUT2D eigenvalue weighted by Gasteiger charge is -2.10. The number of nitro benzene ring substituents is 1. The van der Waals surface area contributed by atoms with E-state index in [4.69, 9.17) is 27.9 Å². The molecule has 0 saturated heterocycles. The summed E-state index contributed by atoms with van der Waals surface area (Å²) in [5.41, 5.74) is 2.31. The molecule has 0 aromatic heterocycles.